The van der Waals surface area contributed by atoms with E-state index in [9.17, 15) is 9.90 Å². The molecule has 1 unspecified atom stereocenters. The molecule has 0 bridgehead atoms. The van der Waals surface area contributed by atoms with E-state index >= 15 is 0 Å². The summed E-state index contributed by atoms with van der Waals surface area (Å²) in [5.41, 5.74) is 1.30. The highest BCUT2D eigenvalue weighted by Crippen LogP contribution is 2.30. The van der Waals surface area contributed by atoms with Gasteiger partial charge in [0.2, 0.25) is 5.91 Å². The molecule has 2 saturated heterocycles. The number of rotatable bonds is 2. The minimum Gasteiger partial charge on any atom is -0.508 e. The standard InChI is InChI=1S/C15H20N2O2/c18-13-3-1-11(2-4-13)12-6-9-17(10-7-12)14-5-8-16-15(14)19/h1-4,12,14,18H,5-10H2,(H,16,19). The summed E-state index contributed by atoms with van der Waals surface area (Å²) in [5, 5.41) is 12.2. The summed E-state index contributed by atoms with van der Waals surface area (Å²) in [7, 11) is 0. The van der Waals surface area contributed by atoms with Gasteiger partial charge in [-0.15, -0.1) is 0 Å². The monoisotopic (exact) mass is 260 g/mol. The molecule has 2 aliphatic heterocycles. The zero-order chi connectivity index (χ0) is 13.2. The number of benzene rings is 1. The topological polar surface area (TPSA) is 52.6 Å². The van der Waals surface area contributed by atoms with Crippen LogP contribution in [0.25, 0.3) is 0 Å². The third-order valence-electron chi connectivity index (χ3n) is 4.35. The Labute approximate surface area is 113 Å². The number of carbonyl (C=O) groups is 1. The number of phenolic OH excluding ortho intramolecular Hbond substituents is 1. The summed E-state index contributed by atoms with van der Waals surface area (Å²) in [6.07, 6.45) is 3.13. The number of aromatic hydroxyl groups is 1. The second kappa shape index (κ2) is 5.21. The quantitative estimate of drug-likeness (QED) is 0.846. The number of phenols is 1. The van der Waals surface area contributed by atoms with E-state index < -0.39 is 0 Å². The fraction of sp³-hybridized carbons (Fsp3) is 0.533. The van der Waals surface area contributed by atoms with Gasteiger partial charge < -0.3 is 10.4 Å². The number of carbonyl (C=O) groups excluding carboxylic acids is 1. The molecular formula is C15H20N2O2. The zero-order valence-electron chi connectivity index (χ0n) is 11.0. The summed E-state index contributed by atoms with van der Waals surface area (Å²) < 4.78 is 0. The first-order valence-electron chi connectivity index (χ1n) is 7.05. The number of nitrogens with zero attached hydrogens (tertiary/aromatic N) is 1. The second-order valence-corrected chi connectivity index (χ2v) is 5.50. The maximum atomic E-state index is 11.7. The van der Waals surface area contributed by atoms with Crippen LogP contribution in [0.1, 0.15) is 30.7 Å². The van der Waals surface area contributed by atoms with E-state index in [0.29, 0.717) is 11.7 Å². The molecule has 1 aromatic carbocycles. The van der Waals surface area contributed by atoms with Gasteiger partial charge in [-0.25, -0.2) is 0 Å². The van der Waals surface area contributed by atoms with Gasteiger partial charge >= 0.3 is 0 Å². The van der Waals surface area contributed by atoms with Crippen LogP contribution in [-0.2, 0) is 4.79 Å². The predicted octanol–water partition coefficient (Wildman–Crippen LogP) is 1.46. The molecule has 102 valence electrons. The molecule has 1 aromatic rings. The lowest BCUT2D eigenvalue weighted by atomic mass is 9.89. The average Bonchev–Trinajstić information content (AvgIpc) is 2.86. The fourth-order valence-electron chi connectivity index (χ4n) is 3.22. The van der Waals surface area contributed by atoms with Gasteiger partial charge in [-0.2, -0.15) is 0 Å². The van der Waals surface area contributed by atoms with Gasteiger partial charge in [-0.1, -0.05) is 12.1 Å². The van der Waals surface area contributed by atoms with E-state index in [2.05, 4.69) is 10.2 Å². The molecule has 2 aliphatic rings. The van der Waals surface area contributed by atoms with Gasteiger partial charge in [0, 0.05) is 6.54 Å². The average molecular weight is 260 g/mol. The summed E-state index contributed by atoms with van der Waals surface area (Å²) in [5.74, 6) is 1.08. The molecule has 0 spiro atoms. The molecule has 0 aliphatic carbocycles. The molecule has 2 fully saturated rings. The minimum atomic E-state index is 0.0979. The molecule has 19 heavy (non-hydrogen) atoms. The van der Waals surface area contributed by atoms with Crippen LogP contribution in [0.4, 0.5) is 0 Å². The summed E-state index contributed by atoms with van der Waals surface area (Å²) in [6.45, 7) is 2.80. The Morgan fingerprint density at radius 1 is 1.11 bits per heavy atom. The number of nitrogens with one attached hydrogen (secondary N) is 1. The Morgan fingerprint density at radius 3 is 2.37 bits per heavy atom. The van der Waals surface area contributed by atoms with Gasteiger partial charge in [-0.3, -0.25) is 9.69 Å². The fourth-order valence-corrected chi connectivity index (χ4v) is 3.22. The lowest BCUT2D eigenvalue weighted by Crippen LogP contribution is -2.44. The molecule has 4 heteroatoms. The molecule has 1 amide bonds. The van der Waals surface area contributed by atoms with E-state index in [4.69, 9.17) is 0 Å². The third kappa shape index (κ3) is 2.59. The molecular weight excluding hydrogens is 240 g/mol. The molecule has 0 aromatic heterocycles. The van der Waals surface area contributed by atoms with Gasteiger partial charge in [0.05, 0.1) is 6.04 Å². The number of amides is 1. The Kier molecular flexibility index (Phi) is 3.42. The van der Waals surface area contributed by atoms with E-state index in [1.165, 1.54) is 5.56 Å². The first-order valence-corrected chi connectivity index (χ1v) is 7.05. The van der Waals surface area contributed by atoms with Crippen molar-refractivity contribution in [1.29, 1.82) is 0 Å². The maximum absolute atomic E-state index is 11.7. The maximum Gasteiger partial charge on any atom is 0.237 e. The Morgan fingerprint density at radius 2 is 1.79 bits per heavy atom. The number of piperidine rings is 1. The van der Waals surface area contributed by atoms with Crippen molar-refractivity contribution in [2.24, 2.45) is 0 Å². The molecule has 4 nitrogen and oxygen atoms in total. The largest absolute Gasteiger partial charge is 0.508 e. The zero-order valence-corrected chi connectivity index (χ0v) is 11.0. The van der Waals surface area contributed by atoms with E-state index in [0.717, 1.165) is 38.9 Å². The van der Waals surface area contributed by atoms with Crippen LogP contribution < -0.4 is 5.32 Å². The summed E-state index contributed by atoms with van der Waals surface area (Å²) >= 11 is 0. The first-order chi connectivity index (χ1) is 9.24. The number of hydrogen-bond acceptors (Lipinski definition) is 3. The smallest absolute Gasteiger partial charge is 0.237 e. The lowest BCUT2D eigenvalue weighted by molar-refractivity contribution is -0.124. The normalized spacial score (nSPS) is 25.5. The number of likely N-dealkylation sites (tertiary alicyclic amines) is 1. The highest BCUT2D eigenvalue weighted by atomic mass is 16.3. The van der Waals surface area contributed by atoms with Crippen LogP contribution in [0.2, 0.25) is 0 Å². The SMILES string of the molecule is O=C1NCCC1N1CCC(c2ccc(O)cc2)CC1. The van der Waals surface area contributed by atoms with Crippen molar-refractivity contribution in [3.8, 4) is 5.75 Å². The van der Waals surface area contributed by atoms with Gasteiger partial charge in [0.15, 0.2) is 0 Å². The Hall–Kier alpha value is -1.55. The van der Waals surface area contributed by atoms with Crippen molar-refractivity contribution in [1.82, 2.24) is 10.2 Å². The van der Waals surface area contributed by atoms with Crippen LogP contribution in [-0.4, -0.2) is 41.6 Å². The number of hydrogen-bond donors (Lipinski definition) is 2. The molecule has 0 saturated carbocycles. The first kappa shape index (κ1) is 12.5. The van der Waals surface area contributed by atoms with Crippen LogP contribution in [0.3, 0.4) is 0 Å². The van der Waals surface area contributed by atoms with Crippen molar-refractivity contribution in [2.45, 2.75) is 31.2 Å². The predicted molar refractivity (Wildman–Crippen MR) is 73.1 cm³/mol. The van der Waals surface area contributed by atoms with Crippen LogP contribution in [0.5, 0.6) is 5.75 Å². The molecule has 3 rings (SSSR count). The minimum absolute atomic E-state index is 0.0979. The van der Waals surface area contributed by atoms with Crippen molar-refractivity contribution in [3.05, 3.63) is 29.8 Å². The van der Waals surface area contributed by atoms with E-state index in [1.54, 1.807) is 12.1 Å². The third-order valence-corrected chi connectivity index (χ3v) is 4.35. The molecule has 0 radical (unpaired) electrons. The lowest BCUT2D eigenvalue weighted by Gasteiger charge is -2.34. The molecule has 1 atom stereocenters. The van der Waals surface area contributed by atoms with Crippen LogP contribution in [0, 0.1) is 0 Å². The van der Waals surface area contributed by atoms with Crippen molar-refractivity contribution < 1.29 is 9.90 Å². The van der Waals surface area contributed by atoms with E-state index in [1.807, 2.05) is 12.1 Å². The van der Waals surface area contributed by atoms with Gasteiger partial charge in [0.25, 0.3) is 0 Å². The second-order valence-electron chi connectivity index (χ2n) is 5.50. The summed E-state index contributed by atoms with van der Waals surface area (Å²) in [4.78, 5) is 14.0. The van der Waals surface area contributed by atoms with E-state index in [-0.39, 0.29) is 11.9 Å². The van der Waals surface area contributed by atoms with Crippen molar-refractivity contribution in [3.63, 3.8) is 0 Å². The molecule has 2 N–H and O–H groups in total. The van der Waals surface area contributed by atoms with Crippen molar-refractivity contribution in [2.75, 3.05) is 19.6 Å². The van der Waals surface area contributed by atoms with Gasteiger partial charge in [-0.05, 0) is 56.0 Å². The molecule has 2 heterocycles. The van der Waals surface area contributed by atoms with Crippen LogP contribution >= 0.6 is 0 Å². The highest BCUT2D eigenvalue weighted by Gasteiger charge is 2.32. The Balaban J connectivity index is 1.60. The highest BCUT2D eigenvalue weighted by molar-refractivity contribution is 5.83. The summed E-state index contributed by atoms with van der Waals surface area (Å²) in [6, 6.07) is 7.63. The Bertz CT molecular complexity index is 450. The van der Waals surface area contributed by atoms with Crippen molar-refractivity contribution >= 4 is 5.91 Å². The van der Waals surface area contributed by atoms with Crippen LogP contribution in [0.15, 0.2) is 24.3 Å². The van der Waals surface area contributed by atoms with Gasteiger partial charge in [0.1, 0.15) is 5.75 Å².